The second-order valence-electron chi connectivity index (χ2n) is 5.33. The molecule has 0 aliphatic carbocycles. The summed E-state index contributed by atoms with van der Waals surface area (Å²) in [4.78, 5) is 14.2. The first-order chi connectivity index (χ1) is 8.86. The number of nitrogens with zero attached hydrogens (tertiary/aromatic N) is 1. The first-order valence-corrected chi connectivity index (χ1v) is 6.50. The van der Waals surface area contributed by atoms with E-state index in [1.54, 1.807) is 0 Å². The molecule has 2 fully saturated rings. The van der Waals surface area contributed by atoms with Gasteiger partial charge in [-0.3, -0.25) is 10.1 Å². The van der Waals surface area contributed by atoms with Gasteiger partial charge in [-0.2, -0.15) is 13.2 Å². The van der Waals surface area contributed by atoms with E-state index in [0.29, 0.717) is 19.4 Å². The van der Waals surface area contributed by atoms with Gasteiger partial charge in [-0.05, 0) is 32.2 Å². The molecule has 2 saturated heterocycles. The molecule has 1 N–H and O–H groups in total. The number of nitrogens with one attached hydrogen (secondary N) is 1. The lowest BCUT2D eigenvalue weighted by molar-refractivity contribution is -0.157. The SMILES string of the molecule is COC(=O)C1(NCC(F)(F)F)CCN2CCCC2C1. The molecule has 0 radical (unpaired) electrons. The molecule has 110 valence electrons. The van der Waals surface area contributed by atoms with Crippen molar-refractivity contribution >= 4 is 5.97 Å². The van der Waals surface area contributed by atoms with E-state index in [9.17, 15) is 18.0 Å². The number of hydrogen-bond donors (Lipinski definition) is 1. The third-order valence-electron chi connectivity index (χ3n) is 4.11. The molecule has 2 aliphatic rings. The van der Waals surface area contributed by atoms with Gasteiger partial charge >= 0.3 is 12.1 Å². The average molecular weight is 280 g/mol. The summed E-state index contributed by atoms with van der Waals surface area (Å²) in [6.45, 7) is 0.459. The van der Waals surface area contributed by atoms with Crippen molar-refractivity contribution in [1.82, 2.24) is 10.2 Å². The number of methoxy groups -OCH3 is 1. The third-order valence-corrected chi connectivity index (χ3v) is 4.11. The topological polar surface area (TPSA) is 41.6 Å². The van der Waals surface area contributed by atoms with Crippen LogP contribution in [0.3, 0.4) is 0 Å². The molecule has 2 atom stereocenters. The molecule has 0 aromatic carbocycles. The van der Waals surface area contributed by atoms with Crippen LogP contribution in [-0.4, -0.2) is 55.4 Å². The Bertz CT molecular complexity index is 348. The van der Waals surface area contributed by atoms with E-state index in [2.05, 4.69) is 10.2 Å². The fourth-order valence-electron chi connectivity index (χ4n) is 3.14. The Morgan fingerprint density at radius 3 is 2.84 bits per heavy atom. The quantitative estimate of drug-likeness (QED) is 0.791. The first kappa shape index (κ1) is 14.6. The number of hydrogen-bond acceptors (Lipinski definition) is 4. The van der Waals surface area contributed by atoms with Crippen LogP contribution in [0, 0.1) is 0 Å². The summed E-state index contributed by atoms with van der Waals surface area (Å²) in [6.07, 6.45) is -1.58. The lowest BCUT2D eigenvalue weighted by Crippen LogP contribution is -2.62. The summed E-state index contributed by atoms with van der Waals surface area (Å²) in [7, 11) is 1.22. The highest BCUT2D eigenvalue weighted by Gasteiger charge is 2.48. The zero-order valence-electron chi connectivity index (χ0n) is 10.9. The number of piperidine rings is 1. The molecule has 0 aromatic rings. The number of ether oxygens (including phenoxy) is 1. The zero-order valence-corrected chi connectivity index (χ0v) is 10.9. The minimum Gasteiger partial charge on any atom is -0.468 e. The van der Waals surface area contributed by atoms with Crippen LogP contribution in [0.2, 0.25) is 0 Å². The van der Waals surface area contributed by atoms with Crippen molar-refractivity contribution in [3.8, 4) is 0 Å². The van der Waals surface area contributed by atoms with Crippen molar-refractivity contribution in [2.75, 3.05) is 26.7 Å². The van der Waals surface area contributed by atoms with E-state index in [1.807, 2.05) is 0 Å². The maximum atomic E-state index is 12.4. The summed E-state index contributed by atoms with van der Waals surface area (Å²) in [5, 5.41) is 2.41. The molecule has 2 heterocycles. The van der Waals surface area contributed by atoms with E-state index in [4.69, 9.17) is 4.74 Å². The molecule has 2 aliphatic heterocycles. The lowest BCUT2D eigenvalue weighted by atomic mass is 9.83. The van der Waals surface area contributed by atoms with Crippen molar-refractivity contribution in [3.05, 3.63) is 0 Å². The number of rotatable bonds is 3. The van der Waals surface area contributed by atoms with Crippen LogP contribution < -0.4 is 5.32 Å². The molecular formula is C12H19F3N2O2. The Balaban J connectivity index is 2.09. The van der Waals surface area contributed by atoms with E-state index < -0.39 is 24.2 Å². The Kier molecular flexibility index (Phi) is 4.06. The van der Waals surface area contributed by atoms with Gasteiger partial charge in [0.25, 0.3) is 0 Å². The van der Waals surface area contributed by atoms with Crippen LogP contribution in [0.25, 0.3) is 0 Å². The summed E-state index contributed by atoms with van der Waals surface area (Å²) >= 11 is 0. The highest BCUT2D eigenvalue weighted by Crippen LogP contribution is 2.34. The second kappa shape index (κ2) is 5.28. The van der Waals surface area contributed by atoms with Gasteiger partial charge < -0.3 is 9.64 Å². The van der Waals surface area contributed by atoms with E-state index in [0.717, 1.165) is 19.4 Å². The molecule has 2 unspecified atom stereocenters. The van der Waals surface area contributed by atoms with Crippen molar-refractivity contribution in [2.45, 2.75) is 43.4 Å². The number of carbonyl (C=O) groups is 1. The Labute approximate surface area is 110 Å². The highest BCUT2D eigenvalue weighted by atomic mass is 19.4. The highest BCUT2D eigenvalue weighted by molar-refractivity contribution is 5.81. The van der Waals surface area contributed by atoms with Gasteiger partial charge in [0, 0.05) is 12.6 Å². The monoisotopic (exact) mass is 280 g/mol. The summed E-state index contributed by atoms with van der Waals surface area (Å²) in [6, 6.07) is 0.189. The van der Waals surface area contributed by atoms with Crippen molar-refractivity contribution in [3.63, 3.8) is 0 Å². The number of esters is 1. The van der Waals surface area contributed by atoms with E-state index in [1.165, 1.54) is 7.11 Å². The smallest absolute Gasteiger partial charge is 0.401 e. The Hall–Kier alpha value is -0.820. The van der Waals surface area contributed by atoms with Gasteiger partial charge in [0.15, 0.2) is 0 Å². The number of carbonyl (C=O) groups excluding carboxylic acids is 1. The minimum absolute atomic E-state index is 0.189. The lowest BCUT2D eigenvalue weighted by Gasteiger charge is -2.42. The van der Waals surface area contributed by atoms with Gasteiger partial charge in [-0.15, -0.1) is 0 Å². The average Bonchev–Trinajstić information content (AvgIpc) is 2.81. The van der Waals surface area contributed by atoms with Crippen LogP contribution in [0.1, 0.15) is 25.7 Å². The Morgan fingerprint density at radius 1 is 1.47 bits per heavy atom. The molecule has 0 aromatic heterocycles. The molecule has 2 rings (SSSR count). The number of alkyl halides is 3. The third kappa shape index (κ3) is 3.20. The van der Waals surface area contributed by atoms with E-state index >= 15 is 0 Å². The minimum atomic E-state index is -4.33. The molecule has 0 bridgehead atoms. The number of fused-ring (bicyclic) bond motifs is 1. The van der Waals surface area contributed by atoms with Gasteiger partial charge in [-0.25, -0.2) is 0 Å². The second-order valence-corrected chi connectivity index (χ2v) is 5.33. The van der Waals surface area contributed by atoms with Crippen LogP contribution >= 0.6 is 0 Å². The zero-order chi connectivity index (χ0) is 14.1. The van der Waals surface area contributed by atoms with Gasteiger partial charge in [0.1, 0.15) is 5.54 Å². The van der Waals surface area contributed by atoms with Crippen molar-refractivity contribution in [2.24, 2.45) is 0 Å². The first-order valence-electron chi connectivity index (χ1n) is 6.50. The fraction of sp³-hybridized carbons (Fsp3) is 0.917. The van der Waals surface area contributed by atoms with Crippen LogP contribution in [0.4, 0.5) is 13.2 Å². The predicted molar refractivity (Wildman–Crippen MR) is 62.6 cm³/mol. The molecule has 0 spiro atoms. The predicted octanol–water partition coefficient (Wildman–Crippen LogP) is 1.31. The molecule has 0 amide bonds. The summed E-state index contributed by atoms with van der Waals surface area (Å²) in [5.41, 5.74) is -1.18. The maximum absolute atomic E-state index is 12.4. The molecule has 0 saturated carbocycles. The van der Waals surface area contributed by atoms with Crippen LogP contribution in [-0.2, 0) is 9.53 Å². The standard InChI is InChI=1S/C12H19F3N2O2/c1-19-10(18)11(16-8-12(13,14)15)4-6-17-5-2-3-9(17)7-11/h9,16H,2-8H2,1H3. The van der Waals surface area contributed by atoms with Crippen LogP contribution in [0.15, 0.2) is 0 Å². The van der Waals surface area contributed by atoms with Crippen molar-refractivity contribution < 1.29 is 22.7 Å². The van der Waals surface area contributed by atoms with Gasteiger partial charge in [-0.1, -0.05) is 0 Å². The number of halogens is 3. The Morgan fingerprint density at radius 2 is 2.21 bits per heavy atom. The molecule has 19 heavy (non-hydrogen) atoms. The van der Waals surface area contributed by atoms with E-state index in [-0.39, 0.29) is 6.04 Å². The molecule has 4 nitrogen and oxygen atoms in total. The molecular weight excluding hydrogens is 261 g/mol. The van der Waals surface area contributed by atoms with Gasteiger partial charge in [0.05, 0.1) is 13.7 Å². The van der Waals surface area contributed by atoms with Crippen molar-refractivity contribution in [1.29, 1.82) is 0 Å². The fourth-order valence-corrected chi connectivity index (χ4v) is 3.14. The van der Waals surface area contributed by atoms with Gasteiger partial charge in [0.2, 0.25) is 0 Å². The summed E-state index contributed by atoms with van der Waals surface area (Å²) in [5.74, 6) is -0.580. The summed E-state index contributed by atoms with van der Waals surface area (Å²) < 4.78 is 41.9. The molecule has 7 heteroatoms. The largest absolute Gasteiger partial charge is 0.468 e. The van der Waals surface area contributed by atoms with Crippen LogP contribution in [0.5, 0.6) is 0 Å². The maximum Gasteiger partial charge on any atom is 0.401 e. The normalized spacial score (nSPS) is 32.1.